The Kier molecular flexibility index (Phi) is 3.82. The highest BCUT2D eigenvalue weighted by Gasteiger charge is 2.56. The summed E-state index contributed by atoms with van der Waals surface area (Å²) in [6.45, 7) is 0. The van der Waals surface area contributed by atoms with Crippen molar-refractivity contribution in [3.8, 4) is 5.75 Å². The second kappa shape index (κ2) is 6.05. The lowest BCUT2D eigenvalue weighted by atomic mass is 9.63. The summed E-state index contributed by atoms with van der Waals surface area (Å²) in [5, 5.41) is 16.1. The Balaban J connectivity index is 1.60. The predicted octanol–water partition coefficient (Wildman–Crippen LogP) is 2.13. The highest BCUT2D eigenvalue weighted by Crippen LogP contribution is 2.49. The van der Waals surface area contributed by atoms with E-state index in [0.717, 1.165) is 17.9 Å². The minimum absolute atomic E-state index is 0.101. The first-order valence-corrected chi connectivity index (χ1v) is 8.44. The van der Waals surface area contributed by atoms with Gasteiger partial charge in [0.25, 0.3) is 11.8 Å². The van der Waals surface area contributed by atoms with E-state index in [4.69, 9.17) is 4.74 Å². The summed E-state index contributed by atoms with van der Waals surface area (Å²) < 4.78 is 4.96. The van der Waals surface area contributed by atoms with Crippen LogP contribution >= 0.6 is 0 Å². The van der Waals surface area contributed by atoms with Gasteiger partial charge in [0.05, 0.1) is 30.1 Å². The molecule has 2 amide bonds. The van der Waals surface area contributed by atoms with Gasteiger partial charge in [-0.05, 0) is 36.8 Å². The van der Waals surface area contributed by atoms with Crippen LogP contribution < -0.4 is 4.74 Å². The molecule has 0 unspecified atom stereocenters. The fourth-order valence-electron chi connectivity index (χ4n) is 4.23. The smallest absolute Gasteiger partial charge is 0.311 e. The molecule has 2 fully saturated rings. The van der Waals surface area contributed by atoms with Gasteiger partial charge in [0.2, 0.25) is 0 Å². The number of imide groups is 1. The van der Waals surface area contributed by atoms with Crippen LogP contribution in [-0.4, -0.2) is 35.1 Å². The van der Waals surface area contributed by atoms with Gasteiger partial charge in [0, 0.05) is 11.6 Å². The molecule has 8 nitrogen and oxygen atoms in total. The van der Waals surface area contributed by atoms with Crippen LogP contribution in [0.5, 0.6) is 5.75 Å². The minimum Gasteiger partial charge on any atom is -0.490 e. The normalized spacial score (nSPS) is 29.5. The number of rotatable bonds is 4. The molecule has 3 aliphatic carbocycles. The molecule has 1 saturated carbocycles. The zero-order chi connectivity index (χ0) is 18.4. The van der Waals surface area contributed by atoms with Gasteiger partial charge >= 0.3 is 5.69 Å². The number of hydrogen-bond donors (Lipinski definition) is 0. The molecule has 134 valence electrons. The van der Waals surface area contributed by atoms with Crippen LogP contribution in [0.4, 0.5) is 5.69 Å². The van der Waals surface area contributed by atoms with E-state index in [0.29, 0.717) is 5.56 Å². The standard InChI is InChI=1S/C18H17N3O5/c1-26-14-7-2-10(8-13(14)21(24)25)9-19-20-17(22)15-11-3-4-12(6-5-11)16(15)18(20)23/h2-4,7-9,11-12,15-16H,5-6H2,1H3/b19-9-/t11-,12-,15-,16+/m0/s1. The number of nitro groups is 1. The third kappa shape index (κ3) is 2.40. The second-order valence-corrected chi connectivity index (χ2v) is 6.76. The number of hydrogen-bond acceptors (Lipinski definition) is 6. The molecule has 2 bridgehead atoms. The molecule has 1 heterocycles. The number of allylic oxidation sites excluding steroid dienone is 2. The van der Waals surface area contributed by atoms with E-state index >= 15 is 0 Å². The van der Waals surface area contributed by atoms with E-state index < -0.39 is 4.92 Å². The van der Waals surface area contributed by atoms with Gasteiger partial charge < -0.3 is 4.74 Å². The maximum absolute atomic E-state index is 12.7. The van der Waals surface area contributed by atoms with Gasteiger partial charge in [-0.15, -0.1) is 0 Å². The number of ether oxygens (including phenoxy) is 1. The highest BCUT2D eigenvalue weighted by molar-refractivity contribution is 6.06. The molecule has 0 aromatic heterocycles. The van der Waals surface area contributed by atoms with Crippen LogP contribution in [0.2, 0.25) is 0 Å². The molecule has 1 aromatic rings. The van der Waals surface area contributed by atoms with Crippen LogP contribution in [0, 0.1) is 33.8 Å². The molecule has 26 heavy (non-hydrogen) atoms. The third-order valence-corrected chi connectivity index (χ3v) is 5.46. The zero-order valence-electron chi connectivity index (χ0n) is 14.1. The van der Waals surface area contributed by atoms with Gasteiger partial charge in [0.1, 0.15) is 0 Å². The maximum Gasteiger partial charge on any atom is 0.311 e. The quantitative estimate of drug-likeness (QED) is 0.271. The van der Waals surface area contributed by atoms with Crippen molar-refractivity contribution in [1.82, 2.24) is 5.01 Å². The van der Waals surface area contributed by atoms with Crippen molar-refractivity contribution < 1.29 is 19.2 Å². The van der Waals surface area contributed by atoms with Crippen molar-refractivity contribution >= 4 is 23.7 Å². The Labute approximate surface area is 149 Å². The lowest BCUT2D eigenvalue weighted by Crippen LogP contribution is -2.38. The molecule has 0 N–H and O–H groups in total. The summed E-state index contributed by atoms with van der Waals surface area (Å²) in [4.78, 5) is 35.9. The van der Waals surface area contributed by atoms with Crippen molar-refractivity contribution in [3.05, 3.63) is 46.0 Å². The lowest BCUT2D eigenvalue weighted by Gasteiger charge is -2.37. The van der Waals surface area contributed by atoms with E-state index in [1.807, 2.05) is 12.2 Å². The number of amides is 2. The number of nitrogens with zero attached hydrogens (tertiary/aromatic N) is 3. The Morgan fingerprint density at radius 3 is 2.31 bits per heavy atom. The van der Waals surface area contributed by atoms with Crippen LogP contribution in [0.1, 0.15) is 18.4 Å². The van der Waals surface area contributed by atoms with Gasteiger partial charge in [0.15, 0.2) is 5.75 Å². The first-order chi connectivity index (χ1) is 12.5. The molecule has 0 radical (unpaired) electrons. The van der Waals surface area contributed by atoms with Crippen molar-refractivity contribution in [2.45, 2.75) is 12.8 Å². The Morgan fingerprint density at radius 1 is 1.19 bits per heavy atom. The summed E-state index contributed by atoms with van der Waals surface area (Å²) in [6, 6.07) is 4.33. The fraction of sp³-hybridized carbons (Fsp3) is 0.389. The number of nitro benzene ring substituents is 1. The number of hydrazone groups is 1. The van der Waals surface area contributed by atoms with Crippen molar-refractivity contribution in [2.24, 2.45) is 28.8 Å². The molecule has 0 spiro atoms. The van der Waals surface area contributed by atoms with Crippen LogP contribution in [-0.2, 0) is 9.59 Å². The Bertz CT molecular complexity index is 830. The number of methoxy groups -OCH3 is 1. The Hall–Kier alpha value is -3.03. The number of benzene rings is 1. The average Bonchev–Trinajstić information content (AvgIpc) is 2.93. The summed E-state index contributed by atoms with van der Waals surface area (Å²) in [5.41, 5.74) is 0.209. The van der Waals surface area contributed by atoms with E-state index in [1.165, 1.54) is 25.5 Å². The largest absolute Gasteiger partial charge is 0.490 e. The lowest BCUT2D eigenvalue weighted by molar-refractivity contribution is -0.385. The van der Waals surface area contributed by atoms with Crippen molar-refractivity contribution in [2.75, 3.05) is 7.11 Å². The Morgan fingerprint density at radius 2 is 1.81 bits per heavy atom. The molecule has 5 rings (SSSR count). The summed E-state index contributed by atoms with van der Waals surface area (Å²) in [7, 11) is 1.35. The molecule has 1 saturated heterocycles. The minimum atomic E-state index is -0.555. The third-order valence-electron chi connectivity index (χ3n) is 5.46. The van der Waals surface area contributed by atoms with Crippen molar-refractivity contribution in [1.29, 1.82) is 0 Å². The molecule has 4 atom stereocenters. The van der Waals surface area contributed by atoms with E-state index in [9.17, 15) is 19.7 Å². The SMILES string of the molecule is COc1ccc(/C=N\N2C(=O)[C@@H]3[C@H](C2=O)[C@H]2C=C[C@H]3CC2)cc1[N+](=O)[O-]. The zero-order valence-corrected chi connectivity index (χ0v) is 14.1. The van der Waals surface area contributed by atoms with Crippen LogP contribution in [0.25, 0.3) is 0 Å². The number of carbonyl (C=O) groups is 2. The maximum atomic E-state index is 12.7. The van der Waals surface area contributed by atoms with E-state index in [2.05, 4.69) is 5.10 Å². The second-order valence-electron chi connectivity index (χ2n) is 6.76. The summed E-state index contributed by atoms with van der Waals surface area (Å²) >= 11 is 0. The first-order valence-electron chi connectivity index (χ1n) is 8.44. The molecule has 1 aliphatic heterocycles. The highest BCUT2D eigenvalue weighted by atomic mass is 16.6. The molecular formula is C18H17N3O5. The van der Waals surface area contributed by atoms with Gasteiger partial charge in [-0.2, -0.15) is 10.1 Å². The van der Waals surface area contributed by atoms with Gasteiger partial charge in [-0.25, -0.2) is 0 Å². The molecule has 4 aliphatic rings. The topological polar surface area (TPSA) is 102 Å². The van der Waals surface area contributed by atoms with Crippen LogP contribution in [0.15, 0.2) is 35.5 Å². The summed E-state index contributed by atoms with van der Waals surface area (Å²) in [6.07, 6.45) is 7.23. The monoisotopic (exact) mass is 355 g/mol. The van der Waals surface area contributed by atoms with E-state index in [1.54, 1.807) is 6.07 Å². The number of fused-ring (bicyclic) bond motifs is 1. The molecule has 1 aromatic carbocycles. The fourth-order valence-corrected chi connectivity index (χ4v) is 4.23. The summed E-state index contributed by atoms with van der Waals surface area (Å²) in [5.74, 6) is -0.875. The molecular weight excluding hydrogens is 338 g/mol. The molecule has 8 heteroatoms. The number of carbonyl (C=O) groups excluding carboxylic acids is 2. The van der Waals surface area contributed by atoms with E-state index in [-0.39, 0.29) is 46.9 Å². The van der Waals surface area contributed by atoms with Crippen molar-refractivity contribution in [3.63, 3.8) is 0 Å². The van der Waals surface area contributed by atoms with Gasteiger partial charge in [-0.3, -0.25) is 19.7 Å². The van der Waals surface area contributed by atoms with Gasteiger partial charge in [-0.1, -0.05) is 12.2 Å². The predicted molar refractivity (Wildman–Crippen MR) is 91.4 cm³/mol. The van der Waals surface area contributed by atoms with Crippen LogP contribution in [0.3, 0.4) is 0 Å². The average molecular weight is 355 g/mol. The first kappa shape index (κ1) is 16.4.